The van der Waals surface area contributed by atoms with Crippen LogP contribution in [0.2, 0.25) is 0 Å². The average Bonchev–Trinajstić information content (AvgIpc) is 2.68. The number of hydrogen-bond donors (Lipinski definition) is 2. The molecule has 0 fully saturated rings. The van der Waals surface area contributed by atoms with Crippen LogP contribution in [0.1, 0.15) is 5.82 Å². The summed E-state index contributed by atoms with van der Waals surface area (Å²) in [5.41, 5.74) is 5.95. The number of methoxy groups -OCH3 is 1. The van der Waals surface area contributed by atoms with Crippen molar-refractivity contribution in [2.75, 3.05) is 13.7 Å². The van der Waals surface area contributed by atoms with Crippen LogP contribution in [-0.4, -0.2) is 29.7 Å². The summed E-state index contributed by atoms with van der Waals surface area (Å²) in [6.07, 6.45) is 0.242. The van der Waals surface area contributed by atoms with Crippen LogP contribution in [0.25, 0.3) is 11.0 Å². The first-order valence-electron chi connectivity index (χ1n) is 5.20. The van der Waals surface area contributed by atoms with Gasteiger partial charge in [-0.05, 0) is 6.07 Å². The number of fused-ring (bicyclic) bond motifs is 1. The number of ether oxygens (including phenoxy) is 1. The quantitative estimate of drug-likeness (QED) is 0.849. The lowest BCUT2D eigenvalue weighted by molar-refractivity contribution is 0.108. The maximum absolute atomic E-state index is 13.4. The van der Waals surface area contributed by atoms with Gasteiger partial charge in [0.15, 0.2) is 5.82 Å². The van der Waals surface area contributed by atoms with Crippen molar-refractivity contribution in [2.45, 2.75) is 12.5 Å². The fourth-order valence-electron chi connectivity index (χ4n) is 1.67. The number of hydrogen-bond acceptors (Lipinski definition) is 3. The van der Waals surface area contributed by atoms with Gasteiger partial charge in [0.2, 0.25) is 0 Å². The molecule has 3 N–H and O–H groups in total. The summed E-state index contributed by atoms with van der Waals surface area (Å²) in [5.74, 6) is -0.779. The highest BCUT2D eigenvalue weighted by atomic mass is 19.1. The van der Waals surface area contributed by atoms with Crippen molar-refractivity contribution >= 4 is 11.0 Å². The maximum atomic E-state index is 13.4. The van der Waals surface area contributed by atoms with Crippen molar-refractivity contribution in [1.29, 1.82) is 0 Å². The van der Waals surface area contributed by atoms with Crippen molar-refractivity contribution < 1.29 is 13.5 Å². The van der Waals surface area contributed by atoms with Crippen molar-refractivity contribution in [1.82, 2.24) is 9.97 Å². The summed E-state index contributed by atoms with van der Waals surface area (Å²) in [7, 11) is 1.54. The minimum absolute atomic E-state index is 0.133. The number of imidazole rings is 1. The number of halogens is 2. The zero-order valence-electron chi connectivity index (χ0n) is 9.34. The summed E-state index contributed by atoms with van der Waals surface area (Å²) >= 11 is 0. The Morgan fingerprint density at radius 1 is 1.47 bits per heavy atom. The molecule has 0 amide bonds. The van der Waals surface area contributed by atoms with Crippen LogP contribution in [0.3, 0.4) is 0 Å². The molecule has 1 heterocycles. The SMILES string of the molecule is COC(CN)Cc1nc2c(F)cc(F)cc2[nH]1. The van der Waals surface area contributed by atoms with Gasteiger partial charge < -0.3 is 15.5 Å². The minimum atomic E-state index is -0.677. The molecule has 92 valence electrons. The zero-order valence-corrected chi connectivity index (χ0v) is 9.34. The smallest absolute Gasteiger partial charge is 0.153 e. The Hall–Kier alpha value is -1.53. The number of H-pyrrole nitrogens is 1. The first kappa shape index (κ1) is 11.9. The molecule has 0 saturated carbocycles. The van der Waals surface area contributed by atoms with E-state index in [1.165, 1.54) is 6.07 Å². The van der Waals surface area contributed by atoms with E-state index in [-0.39, 0.29) is 11.6 Å². The molecule has 1 aromatic carbocycles. The van der Waals surface area contributed by atoms with Crippen molar-refractivity contribution in [3.63, 3.8) is 0 Å². The van der Waals surface area contributed by atoms with E-state index in [0.29, 0.717) is 24.3 Å². The number of rotatable bonds is 4. The van der Waals surface area contributed by atoms with Gasteiger partial charge in [0.05, 0.1) is 11.6 Å². The predicted molar refractivity (Wildman–Crippen MR) is 59.6 cm³/mol. The lowest BCUT2D eigenvalue weighted by Crippen LogP contribution is -2.25. The third-order valence-corrected chi connectivity index (χ3v) is 2.57. The van der Waals surface area contributed by atoms with Gasteiger partial charge in [-0.15, -0.1) is 0 Å². The molecule has 0 bridgehead atoms. The van der Waals surface area contributed by atoms with Crippen LogP contribution in [0.4, 0.5) is 8.78 Å². The lowest BCUT2D eigenvalue weighted by Gasteiger charge is -2.09. The van der Waals surface area contributed by atoms with Crippen LogP contribution in [0.5, 0.6) is 0 Å². The number of nitrogens with one attached hydrogen (secondary N) is 1. The summed E-state index contributed by atoms with van der Waals surface area (Å²) in [4.78, 5) is 6.91. The van der Waals surface area contributed by atoms with Gasteiger partial charge in [-0.1, -0.05) is 0 Å². The highest BCUT2D eigenvalue weighted by Crippen LogP contribution is 2.18. The highest BCUT2D eigenvalue weighted by molar-refractivity contribution is 5.75. The van der Waals surface area contributed by atoms with E-state index in [1.807, 2.05) is 0 Å². The third-order valence-electron chi connectivity index (χ3n) is 2.57. The summed E-state index contributed by atoms with van der Waals surface area (Å²) in [5, 5.41) is 0. The van der Waals surface area contributed by atoms with Crippen molar-refractivity contribution in [3.05, 3.63) is 29.6 Å². The van der Waals surface area contributed by atoms with Gasteiger partial charge in [-0.2, -0.15) is 0 Å². The van der Waals surface area contributed by atoms with E-state index >= 15 is 0 Å². The Morgan fingerprint density at radius 3 is 2.88 bits per heavy atom. The predicted octanol–water partition coefficient (Wildman–Crippen LogP) is 1.36. The van der Waals surface area contributed by atoms with Gasteiger partial charge >= 0.3 is 0 Å². The van der Waals surface area contributed by atoms with E-state index in [4.69, 9.17) is 10.5 Å². The van der Waals surface area contributed by atoms with Gasteiger partial charge in [-0.25, -0.2) is 13.8 Å². The second-order valence-corrected chi connectivity index (χ2v) is 3.76. The Morgan fingerprint density at radius 2 is 2.24 bits per heavy atom. The molecule has 0 aliphatic carbocycles. The molecule has 1 unspecified atom stereocenters. The van der Waals surface area contributed by atoms with Gasteiger partial charge in [0.1, 0.15) is 17.2 Å². The van der Waals surface area contributed by atoms with Crippen LogP contribution < -0.4 is 5.73 Å². The summed E-state index contributed by atoms with van der Waals surface area (Å²) in [6.45, 7) is 0.338. The fourth-order valence-corrected chi connectivity index (χ4v) is 1.67. The molecule has 17 heavy (non-hydrogen) atoms. The molecule has 2 aromatic rings. The molecule has 0 aliphatic rings. The molecule has 0 radical (unpaired) electrons. The highest BCUT2D eigenvalue weighted by Gasteiger charge is 2.13. The molecule has 0 spiro atoms. The van der Waals surface area contributed by atoms with Crippen LogP contribution in [-0.2, 0) is 11.2 Å². The maximum Gasteiger partial charge on any atom is 0.153 e. The number of aromatic nitrogens is 2. The number of benzene rings is 1. The molecule has 1 atom stereocenters. The van der Waals surface area contributed by atoms with E-state index in [1.54, 1.807) is 7.11 Å². The molecule has 0 saturated heterocycles. The van der Waals surface area contributed by atoms with Gasteiger partial charge in [0, 0.05) is 26.1 Å². The second-order valence-electron chi connectivity index (χ2n) is 3.76. The summed E-state index contributed by atoms with van der Waals surface area (Å²) < 4.78 is 31.5. The second kappa shape index (κ2) is 4.77. The standard InChI is InChI=1S/C11H13F2N3O/c1-17-7(5-14)4-10-15-9-3-6(12)2-8(13)11(9)16-10/h2-3,7H,4-5,14H2,1H3,(H,15,16). The Bertz CT molecular complexity index is 523. The summed E-state index contributed by atoms with van der Waals surface area (Å²) in [6, 6.07) is 2.02. The molecule has 1 aromatic heterocycles. The van der Waals surface area contributed by atoms with Gasteiger partial charge in [0.25, 0.3) is 0 Å². The zero-order chi connectivity index (χ0) is 12.4. The molecule has 6 heteroatoms. The Labute approximate surface area is 96.8 Å². The van der Waals surface area contributed by atoms with Crippen LogP contribution in [0, 0.1) is 11.6 Å². The normalized spacial score (nSPS) is 13.2. The lowest BCUT2D eigenvalue weighted by atomic mass is 10.2. The molecule has 2 rings (SSSR count). The van der Waals surface area contributed by atoms with Crippen molar-refractivity contribution in [3.8, 4) is 0 Å². The monoisotopic (exact) mass is 241 g/mol. The third kappa shape index (κ3) is 2.42. The number of nitrogens with zero attached hydrogens (tertiary/aromatic N) is 1. The molecule has 0 aliphatic heterocycles. The molecule has 4 nitrogen and oxygen atoms in total. The van der Waals surface area contributed by atoms with Crippen LogP contribution in [0.15, 0.2) is 12.1 Å². The first-order chi connectivity index (χ1) is 8.13. The first-order valence-corrected chi connectivity index (χ1v) is 5.20. The fraction of sp³-hybridized carbons (Fsp3) is 0.364. The average molecular weight is 241 g/mol. The van der Waals surface area contributed by atoms with E-state index in [9.17, 15) is 8.78 Å². The Kier molecular flexibility index (Phi) is 3.35. The van der Waals surface area contributed by atoms with E-state index in [0.717, 1.165) is 6.07 Å². The number of aromatic amines is 1. The number of nitrogens with two attached hydrogens (primary N) is 1. The Balaban J connectivity index is 2.34. The van der Waals surface area contributed by atoms with E-state index in [2.05, 4.69) is 9.97 Å². The van der Waals surface area contributed by atoms with E-state index < -0.39 is 11.6 Å². The largest absolute Gasteiger partial charge is 0.380 e. The topological polar surface area (TPSA) is 63.9 Å². The van der Waals surface area contributed by atoms with Crippen LogP contribution >= 0.6 is 0 Å². The molecular weight excluding hydrogens is 228 g/mol. The van der Waals surface area contributed by atoms with Crippen molar-refractivity contribution in [2.24, 2.45) is 5.73 Å². The molecular formula is C11H13F2N3O. The minimum Gasteiger partial charge on any atom is -0.380 e. The van der Waals surface area contributed by atoms with Gasteiger partial charge in [-0.3, -0.25) is 0 Å².